The number of aliphatic carboxylic acids is 1. The molecule has 5 nitrogen and oxygen atoms in total. The van der Waals surface area contributed by atoms with Gasteiger partial charge in [0.1, 0.15) is 5.75 Å². The number of aliphatic hydroxyl groups excluding tert-OH is 1. The summed E-state index contributed by atoms with van der Waals surface area (Å²) in [4.78, 5) is 13.1. The molecule has 0 spiro atoms. The highest BCUT2D eigenvalue weighted by molar-refractivity contribution is 5.71. The first-order valence-corrected chi connectivity index (χ1v) is 6.69. The largest absolute Gasteiger partial charge is 0.496 e. The Balaban J connectivity index is 2.30. The number of rotatable bonds is 3. The molecule has 5 heteroatoms. The SMILES string of the molecule is COc1ccc(C)cc1C1CC(O)C(C(=O)O)CN1C. The summed E-state index contributed by atoms with van der Waals surface area (Å²) in [5.74, 6) is -0.903. The Labute approximate surface area is 118 Å². The predicted octanol–water partition coefficient (Wildman–Crippen LogP) is 1.44. The van der Waals surface area contributed by atoms with Gasteiger partial charge in [0.05, 0.1) is 19.1 Å². The van der Waals surface area contributed by atoms with Gasteiger partial charge < -0.3 is 14.9 Å². The lowest BCUT2D eigenvalue weighted by Gasteiger charge is -2.39. The van der Waals surface area contributed by atoms with E-state index >= 15 is 0 Å². The van der Waals surface area contributed by atoms with Crippen molar-refractivity contribution in [2.75, 3.05) is 20.7 Å². The van der Waals surface area contributed by atoms with E-state index in [0.29, 0.717) is 13.0 Å². The summed E-state index contributed by atoms with van der Waals surface area (Å²) in [5, 5.41) is 19.2. The number of carboxylic acid groups (broad SMARTS) is 1. The number of hydrogen-bond donors (Lipinski definition) is 2. The molecule has 3 atom stereocenters. The second kappa shape index (κ2) is 5.81. The first kappa shape index (κ1) is 14.8. The molecule has 0 amide bonds. The minimum absolute atomic E-state index is 0.0320. The average molecular weight is 279 g/mol. The number of ether oxygens (including phenoxy) is 1. The van der Waals surface area contributed by atoms with E-state index in [1.54, 1.807) is 7.11 Å². The van der Waals surface area contributed by atoms with Crippen molar-refractivity contribution in [1.29, 1.82) is 0 Å². The van der Waals surface area contributed by atoms with Crippen LogP contribution in [0.4, 0.5) is 0 Å². The second-order valence-electron chi connectivity index (χ2n) is 5.45. The quantitative estimate of drug-likeness (QED) is 0.876. The fourth-order valence-corrected chi connectivity index (χ4v) is 2.85. The van der Waals surface area contributed by atoms with Gasteiger partial charge in [-0.3, -0.25) is 9.69 Å². The Kier molecular flexibility index (Phi) is 4.30. The van der Waals surface area contributed by atoms with Gasteiger partial charge in [-0.15, -0.1) is 0 Å². The number of methoxy groups -OCH3 is 1. The molecule has 2 N–H and O–H groups in total. The Morgan fingerprint density at radius 2 is 2.15 bits per heavy atom. The van der Waals surface area contributed by atoms with Crippen molar-refractivity contribution in [1.82, 2.24) is 4.90 Å². The monoisotopic (exact) mass is 279 g/mol. The van der Waals surface area contributed by atoms with E-state index in [1.807, 2.05) is 37.1 Å². The fraction of sp³-hybridized carbons (Fsp3) is 0.533. The minimum Gasteiger partial charge on any atom is -0.496 e. The highest BCUT2D eigenvalue weighted by atomic mass is 16.5. The molecule has 0 bridgehead atoms. The number of piperidine rings is 1. The number of aliphatic hydroxyl groups is 1. The van der Waals surface area contributed by atoms with Crippen LogP contribution in [0.25, 0.3) is 0 Å². The Morgan fingerprint density at radius 1 is 1.45 bits per heavy atom. The molecular formula is C15H21NO4. The summed E-state index contributed by atoms with van der Waals surface area (Å²) in [6.45, 7) is 2.33. The summed E-state index contributed by atoms with van der Waals surface area (Å²) in [5.41, 5.74) is 2.11. The maximum Gasteiger partial charge on any atom is 0.310 e. The maximum atomic E-state index is 11.1. The summed E-state index contributed by atoms with van der Waals surface area (Å²) in [6, 6.07) is 5.89. The molecule has 0 aliphatic carbocycles. The van der Waals surface area contributed by atoms with E-state index in [1.165, 1.54) is 0 Å². The zero-order valence-corrected chi connectivity index (χ0v) is 12.0. The molecule has 1 saturated heterocycles. The first-order valence-electron chi connectivity index (χ1n) is 6.69. The van der Waals surface area contributed by atoms with Gasteiger partial charge in [-0.2, -0.15) is 0 Å². The Morgan fingerprint density at radius 3 is 2.75 bits per heavy atom. The Hall–Kier alpha value is -1.59. The van der Waals surface area contributed by atoms with Crippen LogP contribution in [0.5, 0.6) is 5.75 Å². The fourth-order valence-electron chi connectivity index (χ4n) is 2.85. The molecule has 1 aliphatic rings. The second-order valence-corrected chi connectivity index (χ2v) is 5.45. The van der Waals surface area contributed by atoms with Gasteiger partial charge in [0.15, 0.2) is 0 Å². The van der Waals surface area contributed by atoms with Gasteiger partial charge in [0.25, 0.3) is 0 Å². The van der Waals surface area contributed by atoms with E-state index in [4.69, 9.17) is 9.84 Å². The van der Waals surface area contributed by atoms with Crippen LogP contribution >= 0.6 is 0 Å². The smallest absolute Gasteiger partial charge is 0.310 e. The van der Waals surface area contributed by atoms with Gasteiger partial charge in [0.2, 0.25) is 0 Å². The predicted molar refractivity (Wildman–Crippen MR) is 74.9 cm³/mol. The van der Waals surface area contributed by atoms with E-state index in [-0.39, 0.29) is 6.04 Å². The summed E-state index contributed by atoms with van der Waals surface area (Å²) in [6.07, 6.45) is -0.438. The van der Waals surface area contributed by atoms with Gasteiger partial charge in [-0.25, -0.2) is 0 Å². The van der Waals surface area contributed by atoms with Crippen molar-refractivity contribution in [2.24, 2.45) is 5.92 Å². The number of carbonyl (C=O) groups is 1. The molecular weight excluding hydrogens is 258 g/mol. The van der Waals surface area contributed by atoms with Crippen LogP contribution in [0.3, 0.4) is 0 Å². The third-order valence-corrected chi connectivity index (χ3v) is 4.01. The average Bonchev–Trinajstić information content (AvgIpc) is 2.40. The zero-order valence-electron chi connectivity index (χ0n) is 12.0. The van der Waals surface area contributed by atoms with E-state index in [9.17, 15) is 9.90 Å². The van der Waals surface area contributed by atoms with Gasteiger partial charge >= 0.3 is 5.97 Å². The lowest BCUT2D eigenvalue weighted by molar-refractivity contribution is -0.150. The summed E-state index contributed by atoms with van der Waals surface area (Å²) < 4.78 is 5.39. The van der Waals surface area contributed by atoms with E-state index < -0.39 is 18.0 Å². The highest BCUT2D eigenvalue weighted by Gasteiger charge is 2.38. The number of hydrogen-bond acceptors (Lipinski definition) is 4. The molecule has 1 fully saturated rings. The molecule has 0 radical (unpaired) electrons. The third-order valence-electron chi connectivity index (χ3n) is 4.01. The molecule has 1 aliphatic heterocycles. The standard InChI is InChI=1S/C15H21NO4/c1-9-4-5-14(20-3)10(6-9)12-7-13(17)11(15(18)19)8-16(12)2/h4-6,11-13,17H,7-8H2,1-3H3,(H,18,19). The van der Waals surface area contributed by atoms with Crippen molar-refractivity contribution in [3.8, 4) is 5.75 Å². The third kappa shape index (κ3) is 2.78. The van der Waals surface area contributed by atoms with Crippen molar-refractivity contribution >= 4 is 5.97 Å². The summed E-state index contributed by atoms with van der Waals surface area (Å²) in [7, 11) is 3.50. The van der Waals surface area contributed by atoms with Gasteiger partial charge in [-0.05, 0) is 26.5 Å². The number of benzene rings is 1. The summed E-state index contributed by atoms with van der Waals surface area (Å²) >= 11 is 0. The van der Waals surface area contributed by atoms with Crippen molar-refractivity contribution < 1.29 is 19.7 Å². The zero-order chi connectivity index (χ0) is 14.9. The van der Waals surface area contributed by atoms with Crippen LogP contribution in [-0.4, -0.2) is 47.9 Å². The van der Waals surface area contributed by atoms with Crippen LogP contribution < -0.4 is 4.74 Å². The first-order chi connectivity index (χ1) is 9.43. The lowest BCUT2D eigenvalue weighted by Crippen LogP contribution is -2.46. The van der Waals surface area contributed by atoms with E-state index in [2.05, 4.69) is 0 Å². The molecule has 3 unspecified atom stereocenters. The number of carboxylic acids is 1. The molecule has 20 heavy (non-hydrogen) atoms. The topological polar surface area (TPSA) is 70.0 Å². The normalized spacial score (nSPS) is 27.3. The van der Waals surface area contributed by atoms with Crippen LogP contribution in [0, 0.1) is 12.8 Å². The number of likely N-dealkylation sites (tertiary alicyclic amines) is 1. The van der Waals surface area contributed by atoms with Crippen LogP contribution in [0.2, 0.25) is 0 Å². The molecule has 0 aromatic heterocycles. The van der Waals surface area contributed by atoms with Crippen LogP contribution in [0.1, 0.15) is 23.6 Å². The molecule has 2 rings (SSSR count). The Bertz CT molecular complexity index is 503. The van der Waals surface area contributed by atoms with E-state index in [0.717, 1.165) is 16.9 Å². The molecule has 0 saturated carbocycles. The van der Waals surface area contributed by atoms with Crippen LogP contribution in [0.15, 0.2) is 18.2 Å². The minimum atomic E-state index is -0.945. The number of aryl methyl sites for hydroxylation is 1. The molecule has 110 valence electrons. The molecule has 1 heterocycles. The molecule has 1 aromatic carbocycles. The van der Waals surface area contributed by atoms with Crippen LogP contribution in [-0.2, 0) is 4.79 Å². The number of nitrogens with zero attached hydrogens (tertiary/aromatic N) is 1. The highest BCUT2D eigenvalue weighted by Crippen LogP contribution is 2.37. The maximum absolute atomic E-state index is 11.1. The van der Waals surface area contributed by atoms with Crippen molar-refractivity contribution in [3.05, 3.63) is 29.3 Å². The van der Waals surface area contributed by atoms with Crippen molar-refractivity contribution in [2.45, 2.75) is 25.5 Å². The van der Waals surface area contributed by atoms with Gasteiger partial charge in [-0.1, -0.05) is 17.7 Å². The van der Waals surface area contributed by atoms with Gasteiger partial charge in [0, 0.05) is 18.2 Å². The van der Waals surface area contributed by atoms with Crippen molar-refractivity contribution in [3.63, 3.8) is 0 Å². The lowest BCUT2D eigenvalue weighted by atomic mass is 9.86. The molecule has 1 aromatic rings.